The molecule has 1 aromatic carbocycles. The lowest BCUT2D eigenvalue weighted by Crippen LogP contribution is -2.50. The highest BCUT2D eigenvalue weighted by Gasteiger charge is 2.47. The van der Waals surface area contributed by atoms with E-state index < -0.39 is 0 Å². The minimum absolute atomic E-state index is 0.0151. The summed E-state index contributed by atoms with van der Waals surface area (Å²) in [6.45, 7) is 3.18. The number of benzene rings is 1. The van der Waals surface area contributed by atoms with Gasteiger partial charge in [0.1, 0.15) is 0 Å². The molecule has 0 radical (unpaired) electrons. The van der Waals surface area contributed by atoms with Crippen LogP contribution in [-0.4, -0.2) is 31.1 Å². The van der Waals surface area contributed by atoms with Gasteiger partial charge < -0.3 is 4.74 Å². The summed E-state index contributed by atoms with van der Waals surface area (Å²) in [6.07, 6.45) is 6.98. The highest BCUT2D eigenvalue weighted by molar-refractivity contribution is 5.73. The molecule has 1 aliphatic carbocycles. The van der Waals surface area contributed by atoms with Crippen LogP contribution in [0.5, 0.6) is 0 Å². The molecule has 0 amide bonds. The summed E-state index contributed by atoms with van der Waals surface area (Å²) in [7, 11) is 1.54. The van der Waals surface area contributed by atoms with E-state index in [0.717, 1.165) is 26.1 Å². The lowest BCUT2D eigenvalue weighted by molar-refractivity contribution is -0.155. The number of esters is 1. The van der Waals surface area contributed by atoms with Crippen molar-refractivity contribution in [1.29, 1.82) is 0 Å². The third-order valence-corrected chi connectivity index (χ3v) is 5.58. The highest BCUT2D eigenvalue weighted by atomic mass is 16.5. The van der Waals surface area contributed by atoms with E-state index in [-0.39, 0.29) is 17.3 Å². The van der Waals surface area contributed by atoms with Crippen LogP contribution >= 0.6 is 0 Å². The van der Waals surface area contributed by atoms with Crippen molar-refractivity contribution >= 4 is 5.97 Å². The summed E-state index contributed by atoms with van der Waals surface area (Å²) in [5.41, 5.74) is 1.52. The van der Waals surface area contributed by atoms with Crippen molar-refractivity contribution in [2.75, 3.05) is 20.2 Å². The number of methoxy groups -OCH3 is 1. The lowest BCUT2D eigenvalue weighted by Gasteiger charge is -2.49. The van der Waals surface area contributed by atoms with Crippen LogP contribution in [-0.2, 0) is 16.1 Å². The molecule has 3 rings (SSSR count). The SMILES string of the molecule is COC(=O)[C@@H]1CCCC[C@]12CCCN(Cc1ccccc1)C2. The van der Waals surface area contributed by atoms with Gasteiger partial charge in [0.2, 0.25) is 0 Å². The van der Waals surface area contributed by atoms with Crippen molar-refractivity contribution in [1.82, 2.24) is 4.90 Å². The molecule has 2 fully saturated rings. The molecule has 0 aromatic heterocycles. The first kappa shape index (κ1) is 15.5. The highest BCUT2D eigenvalue weighted by Crippen LogP contribution is 2.48. The van der Waals surface area contributed by atoms with E-state index in [2.05, 4.69) is 35.2 Å². The van der Waals surface area contributed by atoms with Gasteiger partial charge in [0.15, 0.2) is 0 Å². The Kier molecular flexibility index (Phi) is 4.82. The van der Waals surface area contributed by atoms with Crippen molar-refractivity contribution in [3.8, 4) is 0 Å². The Labute approximate surface area is 133 Å². The zero-order valence-corrected chi connectivity index (χ0v) is 13.6. The largest absolute Gasteiger partial charge is 0.469 e. The van der Waals surface area contributed by atoms with Crippen LogP contribution in [0.4, 0.5) is 0 Å². The molecule has 0 N–H and O–H groups in total. The van der Waals surface area contributed by atoms with Gasteiger partial charge in [-0.2, -0.15) is 0 Å². The predicted octanol–water partition coefficient (Wildman–Crippen LogP) is 3.63. The molecule has 2 aliphatic rings. The van der Waals surface area contributed by atoms with Crippen molar-refractivity contribution in [3.05, 3.63) is 35.9 Å². The fourth-order valence-electron chi connectivity index (χ4n) is 4.54. The van der Waals surface area contributed by atoms with E-state index in [4.69, 9.17) is 4.74 Å². The van der Waals surface area contributed by atoms with Crippen LogP contribution in [0.3, 0.4) is 0 Å². The van der Waals surface area contributed by atoms with Crippen LogP contribution in [0.1, 0.15) is 44.1 Å². The summed E-state index contributed by atoms with van der Waals surface area (Å²) < 4.78 is 5.11. The van der Waals surface area contributed by atoms with Gasteiger partial charge >= 0.3 is 5.97 Å². The van der Waals surface area contributed by atoms with E-state index in [1.807, 2.05) is 0 Å². The molecule has 3 heteroatoms. The second-order valence-electron chi connectivity index (χ2n) is 6.98. The van der Waals surface area contributed by atoms with Gasteiger partial charge in [0.25, 0.3) is 0 Å². The third-order valence-electron chi connectivity index (χ3n) is 5.58. The van der Waals surface area contributed by atoms with Gasteiger partial charge in [-0.15, -0.1) is 0 Å². The maximum atomic E-state index is 12.3. The molecule has 2 atom stereocenters. The molecule has 3 nitrogen and oxygen atoms in total. The zero-order valence-electron chi connectivity index (χ0n) is 13.6. The van der Waals surface area contributed by atoms with Crippen LogP contribution in [0.15, 0.2) is 30.3 Å². The topological polar surface area (TPSA) is 29.5 Å². The normalized spacial score (nSPS) is 29.4. The summed E-state index contributed by atoms with van der Waals surface area (Å²) in [6, 6.07) is 10.7. The Morgan fingerprint density at radius 2 is 2.00 bits per heavy atom. The van der Waals surface area contributed by atoms with Gasteiger partial charge in [0.05, 0.1) is 13.0 Å². The summed E-state index contributed by atoms with van der Waals surface area (Å²) in [5.74, 6) is 0.117. The molecule has 1 heterocycles. The van der Waals surface area contributed by atoms with Crippen LogP contribution in [0.2, 0.25) is 0 Å². The first-order chi connectivity index (χ1) is 10.7. The Balaban J connectivity index is 1.73. The Hall–Kier alpha value is -1.35. The maximum Gasteiger partial charge on any atom is 0.309 e. The molecule has 0 unspecified atom stereocenters. The van der Waals surface area contributed by atoms with Crippen molar-refractivity contribution in [2.45, 2.75) is 45.1 Å². The van der Waals surface area contributed by atoms with E-state index in [1.165, 1.54) is 44.8 Å². The number of hydrogen-bond acceptors (Lipinski definition) is 3. The van der Waals surface area contributed by atoms with E-state index in [1.54, 1.807) is 0 Å². The smallest absolute Gasteiger partial charge is 0.309 e. The molecule has 1 saturated carbocycles. The van der Waals surface area contributed by atoms with Crippen molar-refractivity contribution in [2.24, 2.45) is 11.3 Å². The first-order valence-corrected chi connectivity index (χ1v) is 8.58. The number of carbonyl (C=O) groups is 1. The van der Waals surface area contributed by atoms with Gasteiger partial charge in [-0.25, -0.2) is 0 Å². The number of rotatable bonds is 3. The second kappa shape index (κ2) is 6.82. The minimum Gasteiger partial charge on any atom is -0.469 e. The van der Waals surface area contributed by atoms with Gasteiger partial charge in [0, 0.05) is 13.1 Å². The van der Waals surface area contributed by atoms with E-state index >= 15 is 0 Å². The quantitative estimate of drug-likeness (QED) is 0.798. The zero-order chi connectivity index (χ0) is 15.4. The number of hydrogen-bond donors (Lipinski definition) is 0. The second-order valence-corrected chi connectivity index (χ2v) is 6.98. The lowest BCUT2D eigenvalue weighted by atomic mass is 9.62. The molecule has 1 spiro atoms. The minimum atomic E-state index is 0.0151. The van der Waals surface area contributed by atoms with Crippen LogP contribution < -0.4 is 0 Å². The Morgan fingerprint density at radius 1 is 1.23 bits per heavy atom. The molecule has 120 valence electrons. The van der Waals surface area contributed by atoms with E-state index in [9.17, 15) is 4.79 Å². The number of nitrogens with zero attached hydrogens (tertiary/aromatic N) is 1. The average molecular weight is 301 g/mol. The van der Waals surface area contributed by atoms with Gasteiger partial charge in [-0.1, -0.05) is 43.2 Å². The maximum absolute atomic E-state index is 12.3. The summed E-state index contributed by atoms with van der Waals surface area (Å²) in [5, 5.41) is 0. The van der Waals surface area contributed by atoms with Gasteiger partial charge in [-0.05, 0) is 43.2 Å². The summed E-state index contributed by atoms with van der Waals surface area (Å²) >= 11 is 0. The molecule has 0 bridgehead atoms. The molecule has 1 aliphatic heterocycles. The molecule has 22 heavy (non-hydrogen) atoms. The molecule has 1 aromatic rings. The van der Waals surface area contributed by atoms with Crippen molar-refractivity contribution < 1.29 is 9.53 Å². The predicted molar refractivity (Wildman–Crippen MR) is 87.4 cm³/mol. The third kappa shape index (κ3) is 3.19. The van der Waals surface area contributed by atoms with Crippen LogP contribution in [0.25, 0.3) is 0 Å². The summed E-state index contributed by atoms with van der Waals surface area (Å²) in [4.78, 5) is 14.8. The number of piperidine rings is 1. The first-order valence-electron chi connectivity index (χ1n) is 8.58. The Morgan fingerprint density at radius 3 is 2.77 bits per heavy atom. The number of carbonyl (C=O) groups excluding carboxylic acids is 1. The Bertz CT molecular complexity index is 497. The van der Waals surface area contributed by atoms with E-state index in [0.29, 0.717) is 0 Å². The monoisotopic (exact) mass is 301 g/mol. The molecule has 1 saturated heterocycles. The fraction of sp³-hybridized carbons (Fsp3) is 0.632. The molecular formula is C19H27NO2. The van der Waals surface area contributed by atoms with Gasteiger partial charge in [-0.3, -0.25) is 9.69 Å². The van der Waals surface area contributed by atoms with Crippen LogP contribution in [0, 0.1) is 11.3 Å². The fourth-order valence-corrected chi connectivity index (χ4v) is 4.54. The standard InChI is InChI=1S/C19H27NO2/c1-22-18(21)17-10-5-6-11-19(17)12-7-13-20(15-19)14-16-8-3-2-4-9-16/h2-4,8-9,17H,5-7,10-15H2,1H3/t17-,19+/m0/s1. The average Bonchev–Trinajstić information content (AvgIpc) is 2.56. The molecular weight excluding hydrogens is 274 g/mol. The number of ether oxygens (including phenoxy) is 1. The van der Waals surface area contributed by atoms with Crippen molar-refractivity contribution in [3.63, 3.8) is 0 Å². The number of likely N-dealkylation sites (tertiary alicyclic amines) is 1.